The van der Waals surface area contributed by atoms with E-state index in [2.05, 4.69) is 18.7 Å². The maximum Gasteiger partial charge on any atom is 0.137 e. The second-order valence-electron chi connectivity index (χ2n) is 8.05. The third-order valence-corrected chi connectivity index (χ3v) is 6.42. The van der Waals surface area contributed by atoms with Gasteiger partial charge in [0, 0.05) is 18.0 Å². The van der Waals surface area contributed by atoms with E-state index in [0.29, 0.717) is 28.8 Å². The van der Waals surface area contributed by atoms with Crippen LogP contribution in [0.1, 0.15) is 36.1 Å². The first-order valence-electron chi connectivity index (χ1n) is 11.0. The number of benzene rings is 3. The largest absolute Gasteiger partial charge is 0.491 e. The molecule has 170 valence electrons. The van der Waals surface area contributed by atoms with Crippen LogP contribution in [-0.2, 0) is 12.0 Å². The quantitative estimate of drug-likeness (QED) is 0.366. The third-order valence-electron chi connectivity index (χ3n) is 5.87. The Morgan fingerprint density at radius 3 is 2.09 bits per heavy atom. The number of rotatable bonds is 10. The lowest BCUT2D eigenvalue weighted by Crippen LogP contribution is -2.30. The van der Waals surface area contributed by atoms with Crippen LogP contribution in [0, 0.1) is 6.92 Å². The molecular formula is C27H31Cl2NO2. The van der Waals surface area contributed by atoms with Gasteiger partial charge in [0.15, 0.2) is 0 Å². The Morgan fingerprint density at radius 2 is 1.50 bits per heavy atom. The molecule has 0 spiro atoms. The van der Waals surface area contributed by atoms with Crippen molar-refractivity contribution in [1.82, 2.24) is 4.90 Å². The van der Waals surface area contributed by atoms with Gasteiger partial charge in [-0.15, -0.1) is 0 Å². The number of halogens is 2. The number of nitrogens with zero attached hydrogens (tertiary/aromatic N) is 1. The summed E-state index contributed by atoms with van der Waals surface area (Å²) in [5.41, 5.74) is 2.40. The summed E-state index contributed by atoms with van der Waals surface area (Å²) in [4.78, 5) is 2.30. The highest BCUT2D eigenvalue weighted by atomic mass is 35.5. The van der Waals surface area contributed by atoms with E-state index in [-0.39, 0.29) is 0 Å². The third kappa shape index (κ3) is 6.05. The van der Waals surface area contributed by atoms with Crippen LogP contribution in [0.5, 0.6) is 5.75 Å². The molecule has 0 saturated heterocycles. The van der Waals surface area contributed by atoms with Crippen LogP contribution >= 0.6 is 23.2 Å². The summed E-state index contributed by atoms with van der Waals surface area (Å²) in [5.74, 6) is 0.625. The Balaban J connectivity index is 1.89. The van der Waals surface area contributed by atoms with E-state index in [1.165, 1.54) is 0 Å². The van der Waals surface area contributed by atoms with Crippen molar-refractivity contribution >= 4 is 23.2 Å². The molecule has 3 rings (SSSR count). The maximum atomic E-state index is 12.0. The summed E-state index contributed by atoms with van der Waals surface area (Å²) in [6, 6.07) is 21.1. The molecule has 0 heterocycles. The Morgan fingerprint density at radius 1 is 0.875 bits per heavy atom. The topological polar surface area (TPSA) is 32.7 Å². The molecule has 1 N–H and O–H groups in total. The van der Waals surface area contributed by atoms with Crippen LogP contribution in [0.15, 0.2) is 66.7 Å². The lowest BCUT2D eigenvalue weighted by atomic mass is 9.81. The normalized spacial score (nSPS) is 13.2. The minimum atomic E-state index is -1.25. The van der Waals surface area contributed by atoms with Gasteiger partial charge in [0.2, 0.25) is 0 Å². The lowest BCUT2D eigenvalue weighted by Gasteiger charge is -2.30. The van der Waals surface area contributed by atoms with Gasteiger partial charge in [0.25, 0.3) is 0 Å². The van der Waals surface area contributed by atoms with Crippen LogP contribution in [0.2, 0.25) is 10.0 Å². The summed E-state index contributed by atoms with van der Waals surface area (Å²) < 4.78 is 5.92. The van der Waals surface area contributed by atoms with Crippen molar-refractivity contribution in [3.8, 4) is 5.75 Å². The summed E-state index contributed by atoms with van der Waals surface area (Å²) in [7, 11) is 0. The molecule has 3 aromatic rings. The molecule has 0 aliphatic carbocycles. The van der Waals surface area contributed by atoms with Crippen LogP contribution in [-0.4, -0.2) is 36.2 Å². The van der Waals surface area contributed by atoms with E-state index in [4.69, 9.17) is 27.9 Å². The predicted molar refractivity (Wildman–Crippen MR) is 134 cm³/mol. The van der Waals surface area contributed by atoms with E-state index in [1.807, 2.05) is 73.7 Å². The average molecular weight is 472 g/mol. The second-order valence-corrected chi connectivity index (χ2v) is 8.89. The Labute approximate surface area is 201 Å². The Bertz CT molecular complexity index is 1000. The van der Waals surface area contributed by atoms with E-state index >= 15 is 0 Å². The molecule has 3 aromatic carbocycles. The monoisotopic (exact) mass is 471 g/mol. The molecule has 1 unspecified atom stereocenters. The summed E-state index contributed by atoms with van der Waals surface area (Å²) in [6.45, 7) is 9.68. The van der Waals surface area contributed by atoms with Crippen LogP contribution < -0.4 is 4.74 Å². The van der Waals surface area contributed by atoms with Gasteiger partial charge in [-0.1, -0.05) is 85.1 Å². The van der Waals surface area contributed by atoms with Crippen molar-refractivity contribution in [3.05, 3.63) is 99.0 Å². The molecule has 3 nitrogen and oxygen atoms in total. The average Bonchev–Trinajstić information content (AvgIpc) is 2.79. The first-order valence-corrected chi connectivity index (χ1v) is 11.8. The molecule has 0 aromatic heterocycles. The van der Waals surface area contributed by atoms with Crippen molar-refractivity contribution in [1.29, 1.82) is 0 Å². The van der Waals surface area contributed by atoms with Crippen molar-refractivity contribution in [3.63, 3.8) is 0 Å². The molecule has 0 aliphatic heterocycles. The summed E-state index contributed by atoms with van der Waals surface area (Å²) >= 11 is 12.6. The number of aryl methyl sites for hydroxylation is 1. The zero-order valence-electron chi connectivity index (χ0n) is 18.9. The molecule has 0 saturated carbocycles. The van der Waals surface area contributed by atoms with Crippen LogP contribution in [0.3, 0.4) is 0 Å². The first-order chi connectivity index (χ1) is 15.4. The van der Waals surface area contributed by atoms with Crippen molar-refractivity contribution in [2.24, 2.45) is 0 Å². The minimum absolute atomic E-state index is 0.395. The van der Waals surface area contributed by atoms with Gasteiger partial charge in [-0.25, -0.2) is 0 Å². The summed E-state index contributed by atoms with van der Waals surface area (Å²) in [6.07, 6.45) is 0.395. The van der Waals surface area contributed by atoms with Gasteiger partial charge in [0.05, 0.1) is 5.02 Å². The van der Waals surface area contributed by atoms with Gasteiger partial charge >= 0.3 is 0 Å². The molecule has 0 aliphatic rings. The highest BCUT2D eigenvalue weighted by Crippen LogP contribution is 2.37. The SMILES string of the molecule is CCN(CC)CCOc1ccc(C(O)(Cc2ccc(Cl)cc2)c2ccc(C)cc2)cc1Cl. The fourth-order valence-electron chi connectivity index (χ4n) is 3.80. The highest BCUT2D eigenvalue weighted by molar-refractivity contribution is 6.32. The molecule has 5 heteroatoms. The first kappa shape index (κ1) is 24.6. The molecule has 0 radical (unpaired) electrons. The number of hydrogen-bond acceptors (Lipinski definition) is 3. The molecule has 0 fully saturated rings. The van der Waals surface area contributed by atoms with Crippen molar-refractivity contribution in [2.75, 3.05) is 26.2 Å². The smallest absolute Gasteiger partial charge is 0.137 e. The molecule has 0 bridgehead atoms. The van der Waals surface area contributed by atoms with Crippen molar-refractivity contribution < 1.29 is 9.84 Å². The van der Waals surface area contributed by atoms with Crippen LogP contribution in [0.4, 0.5) is 0 Å². The van der Waals surface area contributed by atoms with Gasteiger partial charge in [0.1, 0.15) is 18.0 Å². The fraction of sp³-hybridized carbons (Fsp3) is 0.333. The highest BCUT2D eigenvalue weighted by Gasteiger charge is 2.32. The molecular weight excluding hydrogens is 441 g/mol. The van der Waals surface area contributed by atoms with Gasteiger partial charge in [-0.3, -0.25) is 0 Å². The van der Waals surface area contributed by atoms with E-state index < -0.39 is 5.60 Å². The predicted octanol–water partition coefficient (Wildman–Crippen LogP) is 6.50. The van der Waals surface area contributed by atoms with E-state index in [0.717, 1.165) is 41.9 Å². The fourth-order valence-corrected chi connectivity index (χ4v) is 4.16. The van der Waals surface area contributed by atoms with Gasteiger partial charge < -0.3 is 14.7 Å². The van der Waals surface area contributed by atoms with Crippen molar-refractivity contribution in [2.45, 2.75) is 32.8 Å². The number of hydrogen-bond donors (Lipinski definition) is 1. The maximum absolute atomic E-state index is 12.0. The Hall–Kier alpha value is -2.04. The zero-order valence-corrected chi connectivity index (χ0v) is 20.5. The number of likely N-dealkylation sites (N-methyl/N-ethyl adjacent to an activating group) is 1. The minimum Gasteiger partial charge on any atom is -0.491 e. The molecule has 0 amide bonds. The van der Waals surface area contributed by atoms with Gasteiger partial charge in [-0.2, -0.15) is 0 Å². The second kappa shape index (κ2) is 11.2. The molecule has 1 atom stereocenters. The number of aliphatic hydroxyl groups is 1. The zero-order chi connectivity index (χ0) is 23.1. The standard InChI is InChI=1S/C27H31Cl2NO2/c1-4-30(5-2)16-17-32-26-15-12-23(18-25(26)29)27(31,22-10-6-20(3)7-11-22)19-21-8-13-24(28)14-9-21/h6-15,18,31H,4-5,16-17,19H2,1-3H3. The molecule has 32 heavy (non-hydrogen) atoms. The van der Waals surface area contributed by atoms with Crippen LogP contribution in [0.25, 0.3) is 0 Å². The Kier molecular flexibility index (Phi) is 8.61. The van der Waals surface area contributed by atoms with E-state index in [1.54, 1.807) is 0 Å². The van der Waals surface area contributed by atoms with Gasteiger partial charge in [-0.05, 0) is 61.0 Å². The number of ether oxygens (including phenoxy) is 1. The summed E-state index contributed by atoms with van der Waals surface area (Å²) in [5, 5.41) is 13.1. The van der Waals surface area contributed by atoms with E-state index in [9.17, 15) is 5.11 Å². The lowest BCUT2D eigenvalue weighted by molar-refractivity contribution is 0.0810.